The molecule has 13 heavy (non-hydrogen) atoms. The molecule has 2 aromatic heterocycles. The second kappa shape index (κ2) is 3.22. The Bertz CT molecular complexity index is 431. The molecule has 66 valence electrons. The average molecular weight is 176 g/mol. The Kier molecular flexibility index (Phi) is 1.91. The monoisotopic (exact) mass is 176 g/mol. The molecule has 0 aliphatic rings. The van der Waals surface area contributed by atoms with Crippen molar-refractivity contribution < 1.29 is 0 Å². The second-order valence-electron chi connectivity index (χ2n) is 2.64. The summed E-state index contributed by atoms with van der Waals surface area (Å²) in [6, 6.07) is 1.72. The number of nitrogens with one attached hydrogen (secondary N) is 1. The quantitative estimate of drug-likeness (QED) is 0.701. The number of nitrogens with zero attached hydrogens (tertiary/aromatic N) is 3. The van der Waals surface area contributed by atoms with Gasteiger partial charge in [-0.25, -0.2) is 9.78 Å². The molecule has 0 atom stereocenters. The second-order valence-corrected chi connectivity index (χ2v) is 2.64. The Morgan fingerprint density at radius 1 is 1.54 bits per heavy atom. The molecule has 0 bridgehead atoms. The van der Waals surface area contributed by atoms with E-state index in [0.717, 1.165) is 5.56 Å². The van der Waals surface area contributed by atoms with Gasteiger partial charge in [-0.3, -0.25) is 9.67 Å². The van der Waals surface area contributed by atoms with Gasteiger partial charge in [0.2, 0.25) is 0 Å². The summed E-state index contributed by atoms with van der Waals surface area (Å²) in [5, 5.41) is 6.47. The number of aromatic nitrogens is 4. The Morgan fingerprint density at radius 2 is 2.46 bits per heavy atom. The van der Waals surface area contributed by atoms with Crippen LogP contribution in [0.5, 0.6) is 0 Å². The van der Waals surface area contributed by atoms with E-state index in [4.69, 9.17) is 0 Å². The predicted octanol–water partition coefficient (Wildman–Crippen LogP) is 0.0147. The lowest BCUT2D eigenvalue weighted by Gasteiger charge is -1.99. The highest BCUT2D eigenvalue weighted by Crippen LogP contribution is 1.95. The van der Waals surface area contributed by atoms with E-state index in [1.165, 1.54) is 10.8 Å². The summed E-state index contributed by atoms with van der Waals surface area (Å²) in [5.41, 5.74) is 0.707. The number of rotatable bonds is 2. The Hall–Kier alpha value is -1.91. The Labute approximate surface area is 74.1 Å². The van der Waals surface area contributed by atoms with Crippen molar-refractivity contribution in [1.29, 1.82) is 0 Å². The standard InChI is InChI=1S/C8H8N4O/c13-8-9-2-1-3-12(8)6-7-4-10-11-5-7/h1-5H,6H2,(H,10,11). The van der Waals surface area contributed by atoms with Crippen LogP contribution in [0.15, 0.2) is 35.6 Å². The van der Waals surface area contributed by atoms with Crippen molar-refractivity contribution in [2.75, 3.05) is 0 Å². The van der Waals surface area contributed by atoms with E-state index in [-0.39, 0.29) is 5.69 Å². The van der Waals surface area contributed by atoms with Gasteiger partial charge < -0.3 is 0 Å². The molecule has 0 fully saturated rings. The number of hydrogen-bond acceptors (Lipinski definition) is 3. The van der Waals surface area contributed by atoms with E-state index >= 15 is 0 Å². The van der Waals surface area contributed by atoms with Crippen molar-refractivity contribution in [2.45, 2.75) is 6.54 Å². The first-order valence-electron chi connectivity index (χ1n) is 3.85. The fraction of sp³-hybridized carbons (Fsp3) is 0.125. The first-order valence-corrected chi connectivity index (χ1v) is 3.85. The zero-order valence-corrected chi connectivity index (χ0v) is 6.84. The number of aromatic amines is 1. The molecule has 0 amide bonds. The van der Waals surface area contributed by atoms with Crippen LogP contribution in [0, 0.1) is 0 Å². The minimum atomic E-state index is -0.247. The topological polar surface area (TPSA) is 63.6 Å². The highest BCUT2D eigenvalue weighted by Gasteiger charge is 1.97. The lowest BCUT2D eigenvalue weighted by molar-refractivity contribution is 0.727. The van der Waals surface area contributed by atoms with Gasteiger partial charge in [-0.15, -0.1) is 0 Å². The van der Waals surface area contributed by atoms with Gasteiger partial charge in [0, 0.05) is 24.2 Å². The summed E-state index contributed by atoms with van der Waals surface area (Å²) >= 11 is 0. The SMILES string of the molecule is O=c1ncccn1Cc1cn[nH]c1. The molecule has 2 rings (SSSR count). The summed E-state index contributed by atoms with van der Waals surface area (Å²) in [5.74, 6) is 0. The van der Waals surface area contributed by atoms with Crippen molar-refractivity contribution in [3.05, 3.63) is 46.9 Å². The van der Waals surface area contributed by atoms with Crippen LogP contribution in [0.4, 0.5) is 0 Å². The van der Waals surface area contributed by atoms with Gasteiger partial charge in [-0.1, -0.05) is 0 Å². The maximum atomic E-state index is 11.2. The van der Waals surface area contributed by atoms with Crippen LogP contribution in [-0.2, 0) is 6.54 Å². The minimum absolute atomic E-state index is 0.247. The first-order chi connectivity index (χ1) is 6.36. The molecular weight excluding hydrogens is 168 g/mol. The molecule has 0 saturated carbocycles. The summed E-state index contributed by atoms with van der Waals surface area (Å²) in [4.78, 5) is 14.8. The van der Waals surface area contributed by atoms with Crippen molar-refractivity contribution in [3.8, 4) is 0 Å². The summed E-state index contributed by atoms with van der Waals surface area (Å²) in [6.07, 6.45) is 6.61. The van der Waals surface area contributed by atoms with Gasteiger partial charge in [0.15, 0.2) is 0 Å². The molecule has 0 aliphatic heterocycles. The van der Waals surface area contributed by atoms with Crippen LogP contribution in [0.2, 0.25) is 0 Å². The highest BCUT2D eigenvalue weighted by molar-refractivity contribution is 5.03. The third-order valence-electron chi connectivity index (χ3n) is 1.69. The van der Waals surface area contributed by atoms with E-state index < -0.39 is 0 Å². The first kappa shape index (κ1) is 7.72. The predicted molar refractivity (Wildman–Crippen MR) is 46.2 cm³/mol. The molecule has 0 radical (unpaired) electrons. The Morgan fingerprint density at radius 3 is 3.15 bits per heavy atom. The fourth-order valence-corrected chi connectivity index (χ4v) is 1.07. The maximum Gasteiger partial charge on any atom is 0.347 e. The zero-order valence-electron chi connectivity index (χ0n) is 6.84. The molecule has 2 heterocycles. The Balaban J connectivity index is 2.29. The average Bonchev–Trinajstić information content (AvgIpc) is 2.61. The van der Waals surface area contributed by atoms with Crippen molar-refractivity contribution in [1.82, 2.24) is 19.7 Å². The van der Waals surface area contributed by atoms with E-state index in [1.54, 1.807) is 24.7 Å². The van der Waals surface area contributed by atoms with Crippen LogP contribution in [0.25, 0.3) is 0 Å². The van der Waals surface area contributed by atoms with E-state index in [1.807, 2.05) is 0 Å². The lowest BCUT2D eigenvalue weighted by Crippen LogP contribution is -2.21. The van der Waals surface area contributed by atoms with Gasteiger partial charge in [-0.05, 0) is 6.07 Å². The number of H-pyrrole nitrogens is 1. The molecule has 0 saturated heterocycles. The maximum absolute atomic E-state index is 11.2. The van der Waals surface area contributed by atoms with Crippen molar-refractivity contribution in [2.24, 2.45) is 0 Å². The van der Waals surface area contributed by atoms with Crippen LogP contribution >= 0.6 is 0 Å². The molecule has 0 aromatic carbocycles. The largest absolute Gasteiger partial charge is 0.347 e. The van der Waals surface area contributed by atoms with Crippen LogP contribution in [0.1, 0.15) is 5.56 Å². The molecule has 0 unspecified atom stereocenters. The van der Waals surface area contributed by atoms with Gasteiger partial charge in [-0.2, -0.15) is 5.10 Å². The fourth-order valence-electron chi connectivity index (χ4n) is 1.07. The van der Waals surface area contributed by atoms with E-state index in [2.05, 4.69) is 15.2 Å². The molecular formula is C8H8N4O. The van der Waals surface area contributed by atoms with E-state index in [0.29, 0.717) is 6.54 Å². The molecule has 5 nitrogen and oxygen atoms in total. The molecule has 1 N–H and O–H groups in total. The van der Waals surface area contributed by atoms with Crippen LogP contribution in [0.3, 0.4) is 0 Å². The smallest absolute Gasteiger partial charge is 0.295 e. The molecule has 0 aliphatic carbocycles. The minimum Gasteiger partial charge on any atom is -0.295 e. The van der Waals surface area contributed by atoms with Crippen LogP contribution < -0.4 is 5.69 Å². The normalized spacial score (nSPS) is 10.2. The van der Waals surface area contributed by atoms with Gasteiger partial charge >= 0.3 is 5.69 Å². The van der Waals surface area contributed by atoms with Gasteiger partial charge in [0.25, 0.3) is 0 Å². The summed E-state index contributed by atoms with van der Waals surface area (Å²) in [6.45, 7) is 0.503. The van der Waals surface area contributed by atoms with Crippen molar-refractivity contribution >= 4 is 0 Å². The highest BCUT2D eigenvalue weighted by atomic mass is 16.1. The zero-order chi connectivity index (χ0) is 9.10. The molecule has 5 heteroatoms. The van der Waals surface area contributed by atoms with Crippen LogP contribution in [-0.4, -0.2) is 19.7 Å². The van der Waals surface area contributed by atoms with Gasteiger partial charge in [0.1, 0.15) is 0 Å². The lowest BCUT2D eigenvalue weighted by atomic mass is 10.3. The third-order valence-corrected chi connectivity index (χ3v) is 1.69. The van der Waals surface area contributed by atoms with Crippen molar-refractivity contribution in [3.63, 3.8) is 0 Å². The number of hydrogen-bond donors (Lipinski definition) is 1. The molecule has 2 aromatic rings. The van der Waals surface area contributed by atoms with Gasteiger partial charge in [0.05, 0.1) is 12.7 Å². The van der Waals surface area contributed by atoms with E-state index in [9.17, 15) is 4.79 Å². The summed E-state index contributed by atoms with van der Waals surface area (Å²) < 4.78 is 1.52. The summed E-state index contributed by atoms with van der Waals surface area (Å²) in [7, 11) is 0. The molecule has 0 spiro atoms. The third kappa shape index (κ3) is 1.64.